The topological polar surface area (TPSA) is 12.0 Å². The van der Waals surface area contributed by atoms with Gasteiger partial charge in [-0.25, -0.2) is 0 Å². The van der Waals surface area contributed by atoms with Gasteiger partial charge in [-0.1, -0.05) is 0 Å². The summed E-state index contributed by atoms with van der Waals surface area (Å²) in [6, 6.07) is 2.25. The summed E-state index contributed by atoms with van der Waals surface area (Å²) in [4.78, 5) is 2.63. The molecule has 1 heterocycles. The number of fused-ring (bicyclic) bond motifs is 1. The first-order chi connectivity index (χ1) is 8.49. The molecule has 1 aliphatic carbocycles. The zero-order valence-electron chi connectivity index (χ0n) is 10.4. The molecular formula is C13H18F3NS. The maximum Gasteiger partial charge on any atom is 0.389 e. The predicted octanol–water partition coefficient (Wildman–Crippen LogP) is 4.23. The third-order valence-corrected chi connectivity index (χ3v) is 4.76. The quantitative estimate of drug-likeness (QED) is 0.849. The zero-order valence-corrected chi connectivity index (χ0v) is 11.3. The Morgan fingerprint density at radius 1 is 1.39 bits per heavy atom. The molecule has 1 N–H and O–H groups in total. The van der Waals surface area contributed by atoms with Crippen LogP contribution in [0.15, 0.2) is 6.07 Å². The van der Waals surface area contributed by atoms with Crippen molar-refractivity contribution in [3.8, 4) is 0 Å². The summed E-state index contributed by atoms with van der Waals surface area (Å²) >= 11 is 1.77. The Balaban J connectivity index is 1.91. The highest BCUT2D eigenvalue weighted by Crippen LogP contribution is 2.35. The summed E-state index contributed by atoms with van der Waals surface area (Å²) in [6.07, 6.45) is -0.484. The third-order valence-electron chi connectivity index (χ3n) is 3.41. The van der Waals surface area contributed by atoms with Gasteiger partial charge >= 0.3 is 6.18 Å². The van der Waals surface area contributed by atoms with Crippen LogP contribution >= 0.6 is 11.3 Å². The van der Waals surface area contributed by atoms with E-state index < -0.39 is 12.6 Å². The van der Waals surface area contributed by atoms with Gasteiger partial charge < -0.3 is 5.32 Å². The molecule has 1 atom stereocenters. The first-order valence-corrected chi connectivity index (χ1v) is 7.17. The van der Waals surface area contributed by atoms with Crippen molar-refractivity contribution >= 4 is 11.3 Å². The Bertz CT molecular complexity index is 376. The summed E-state index contributed by atoms with van der Waals surface area (Å²) in [5.41, 5.74) is 1.41. The molecule has 102 valence electrons. The van der Waals surface area contributed by atoms with Gasteiger partial charge in [0.15, 0.2) is 0 Å². The third kappa shape index (κ3) is 3.48. The van der Waals surface area contributed by atoms with Gasteiger partial charge in [0.05, 0.1) is 0 Å². The molecule has 0 saturated carbocycles. The van der Waals surface area contributed by atoms with Crippen LogP contribution in [-0.2, 0) is 12.8 Å². The molecular weight excluding hydrogens is 259 g/mol. The summed E-state index contributed by atoms with van der Waals surface area (Å²) in [7, 11) is 1.82. The molecule has 0 aliphatic heterocycles. The van der Waals surface area contributed by atoms with Crippen LogP contribution < -0.4 is 5.32 Å². The van der Waals surface area contributed by atoms with Crippen molar-refractivity contribution in [2.45, 2.75) is 50.7 Å². The smallest absolute Gasteiger partial charge is 0.312 e. The predicted molar refractivity (Wildman–Crippen MR) is 68.1 cm³/mol. The number of thiophene rings is 1. The standard InChI is InChI=1S/C13H18F3NS/c1-17-10(5-3-7-13(14,15)16)12-8-9-4-2-6-11(9)18-12/h8,10,17H,2-7H2,1H3. The zero-order chi connectivity index (χ0) is 13.2. The maximum absolute atomic E-state index is 12.1. The minimum atomic E-state index is -4.03. The number of aryl methyl sites for hydroxylation is 2. The van der Waals surface area contributed by atoms with E-state index in [9.17, 15) is 13.2 Å². The number of hydrogen-bond acceptors (Lipinski definition) is 2. The van der Waals surface area contributed by atoms with Gasteiger partial charge in [0, 0.05) is 22.2 Å². The van der Waals surface area contributed by atoms with E-state index in [1.807, 2.05) is 7.05 Å². The first kappa shape index (κ1) is 13.9. The van der Waals surface area contributed by atoms with Gasteiger partial charge in [-0.05, 0) is 50.8 Å². The average Bonchev–Trinajstić information content (AvgIpc) is 2.82. The van der Waals surface area contributed by atoms with Crippen LogP contribution in [0.3, 0.4) is 0 Å². The van der Waals surface area contributed by atoms with Gasteiger partial charge in [-0.3, -0.25) is 0 Å². The van der Waals surface area contributed by atoms with E-state index in [1.165, 1.54) is 21.7 Å². The van der Waals surface area contributed by atoms with E-state index >= 15 is 0 Å². The summed E-state index contributed by atoms with van der Waals surface area (Å²) < 4.78 is 36.4. The molecule has 0 amide bonds. The van der Waals surface area contributed by atoms with Gasteiger partial charge in [0.25, 0.3) is 0 Å². The summed E-state index contributed by atoms with van der Waals surface area (Å²) in [6.45, 7) is 0. The molecule has 0 saturated heterocycles. The summed E-state index contributed by atoms with van der Waals surface area (Å²) in [5, 5.41) is 3.14. The number of hydrogen-bond donors (Lipinski definition) is 1. The lowest BCUT2D eigenvalue weighted by atomic mass is 10.1. The van der Waals surface area contributed by atoms with Crippen molar-refractivity contribution in [3.63, 3.8) is 0 Å². The van der Waals surface area contributed by atoms with Crippen LogP contribution in [0.1, 0.15) is 47.0 Å². The molecule has 0 fully saturated rings. The number of halogens is 3. The van der Waals surface area contributed by atoms with Crippen molar-refractivity contribution in [2.24, 2.45) is 0 Å². The number of nitrogens with one attached hydrogen (secondary N) is 1. The SMILES string of the molecule is CNC(CCCC(F)(F)F)c1cc2c(s1)CCC2. The number of alkyl halides is 3. The molecule has 1 aromatic heterocycles. The lowest BCUT2D eigenvalue weighted by molar-refractivity contribution is -0.135. The molecule has 1 aromatic rings. The monoisotopic (exact) mass is 277 g/mol. The number of rotatable bonds is 5. The Hall–Kier alpha value is -0.550. The molecule has 18 heavy (non-hydrogen) atoms. The minimum Gasteiger partial charge on any atom is -0.312 e. The second kappa shape index (κ2) is 5.61. The van der Waals surface area contributed by atoms with Crippen LogP contribution in [0.25, 0.3) is 0 Å². The van der Waals surface area contributed by atoms with Crippen LogP contribution in [0.5, 0.6) is 0 Å². The molecule has 1 nitrogen and oxygen atoms in total. The van der Waals surface area contributed by atoms with E-state index in [2.05, 4.69) is 11.4 Å². The highest BCUT2D eigenvalue weighted by molar-refractivity contribution is 7.12. The molecule has 0 spiro atoms. The van der Waals surface area contributed by atoms with Crippen molar-refractivity contribution in [2.75, 3.05) is 7.05 Å². The second-order valence-electron chi connectivity index (χ2n) is 4.80. The lowest BCUT2D eigenvalue weighted by Gasteiger charge is -2.15. The molecule has 1 aliphatic rings. The highest BCUT2D eigenvalue weighted by atomic mass is 32.1. The Labute approximate surface area is 109 Å². The van der Waals surface area contributed by atoms with E-state index in [0.717, 1.165) is 12.8 Å². The van der Waals surface area contributed by atoms with Crippen LogP contribution in [-0.4, -0.2) is 13.2 Å². The van der Waals surface area contributed by atoms with Crippen molar-refractivity contribution in [1.29, 1.82) is 0 Å². The summed E-state index contributed by atoms with van der Waals surface area (Å²) in [5.74, 6) is 0. The van der Waals surface area contributed by atoms with Crippen LogP contribution in [0, 0.1) is 0 Å². The van der Waals surface area contributed by atoms with Crippen molar-refractivity contribution < 1.29 is 13.2 Å². The van der Waals surface area contributed by atoms with E-state index in [0.29, 0.717) is 6.42 Å². The van der Waals surface area contributed by atoms with E-state index in [4.69, 9.17) is 0 Å². The minimum absolute atomic E-state index is 0.0722. The van der Waals surface area contributed by atoms with Crippen LogP contribution in [0.2, 0.25) is 0 Å². The molecule has 5 heteroatoms. The molecule has 0 bridgehead atoms. The second-order valence-corrected chi connectivity index (χ2v) is 5.97. The van der Waals surface area contributed by atoms with Crippen molar-refractivity contribution in [3.05, 3.63) is 21.4 Å². The van der Waals surface area contributed by atoms with E-state index in [1.54, 1.807) is 11.3 Å². The van der Waals surface area contributed by atoms with Gasteiger partial charge in [-0.15, -0.1) is 11.3 Å². The lowest BCUT2D eigenvalue weighted by Crippen LogP contribution is -2.16. The normalized spacial score (nSPS) is 16.9. The Morgan fingerprint density at radius 2 is 2.17 bits per heavy atom. The fraction of sp³-hybridized carbons (Fsp3) is 0.692. The molecule has 0 radical (unpaired) electrons. The fourth-order valence-corrected chi connectivity index (χ4v) is 3.86. The Morgan fingerprint density at radius 3 is 2.78 bits per heavy atom. The van der Waals surface area contributed by atoms with E-state index in [-0.39, 0.29) is 12.5 Å². The Kier molecular flexibility index (Phi) is 4.33. The largest absolute Gasteiger partial charge is 0.389 e. The van der Waals surface area contributed by atoms with Crippen molar-refractivity contribution in [1.82, 2.24) is 5.32 Å². The first-order valence-electron chi connectivity index (χ1n) is 6.35. The molecule has 2 rings (SSSR count). The average molecular weight is 277 g/mol. The van der Waals surface area contributed by atoms with Crippen LogP contribution in [0.4, 0.5) is 13.2 Å². The molecule has 0 aromatic carbocycles. The van der Waals surface area contributed by atoms with Gasteiger partial charge in [0.2, 0.25) is 0 Å². The fourth-order valence-electron chi connectivity index (χ4n) is 2.46. The van der Waals surface area contributed by atoms with Gasteiger partial charge in [0.1, 0.15) is 0 Å². The maximum atomic E-state index is 12.1. The highest BCUT2D eigenvalue weighted by Gasteiger charge is 2.27. The molecule has 1 unspecified atom stereocenters. The van der Waals surface area contributed by atoms with Gasteiger partial charge in [-0.2, -0.15) is 13.2 Å².